The predicted octanol–water partition coefficient (Wildman–Crippen LogP) is 1.86. The van der Waals surface area contributed by atoms with E-state index in [1.54, 1.807) is 6.92 Å². The molecular formula is C15H19NO5. The van der Waals surface area contributed by atoms with Gasteiger partial charge in [-0.1, -0.05) is 18.9 Å². The van der Waals surface area contributed by atoms with Gasteiger partial charge in [-0.2, -0.15) is 0 Å². The summed E-state index contributed by atoms with van der Waals surface area (Å²) in [6.45, 7) is 1.62. The number of hydrogen-bond acceptors (Lipinski definition) is 4. The highest BCUT2D eigenvalue weighted by Gasteiger charge is 2.44. The Bertz CT molecular complexity index is 551. The monoisotopic (exact) mass is 293 g/mol. The van der Waals surface area contributed by atoms with Crippen LogP contribution in [0.15, 0.2) is 18.2 Å². The van der Waals surface area contributed by atoms with E-state index < -0.39 is 23.3 Å². The molecule has 1 aliphatic rings. The third-order valence-corrected chi connectivity index (χ3v) is 4.25. The van der Waals surface area contributed by atoms with Crippen LogP contribution in [0.1, 0.15) is 43.0 Å². The number of carbonyl (C=O) groups is 2. The molecule has 1 aliphatic carbocycles. The fourth-order valence-corrected chi connectivity index (χ4v) is 2.81. The third kappa shape index (κ3) is 2.79. The van der Waals surface area contributed by atoms with Crippen molar-refractivity contribution in [2.24, 2.45) is 5.41 Å². The van der Waals surface area contributed by atoms with Crippen LogP contribution in [0.25, 0.3) is 0 Å². The minimum atomic E-state index is -1.03. The summed E-state index contributed by atoms with van der Waals surface area (Å²) in [5, 5.41) is 31.4. The van der Waals surface area contributed by atoms with Crippen molar-refractivity contribution in [1.29, 1.82) is 0 Å². The molecule has 2 atom stereocenters. The minimum Gasteiger partial charge on any atom is -0.507 e. The van der Waals surface area contributed by atoms with Crippen LogP contribution in [-0.4, -0.2) is 33.2 Å². The molecule has 1 saturated carbocycles. The lowest BCUT2D eigenvalue weighted by atomic mass is 9.71. The zero-order valence-electron chi connectivity index (χ0n) is 11.8. The summed E-state index contributed by atoms with van der Waals surface area (Å²) in [7, 11) is 0. The summed E-state index contributed by atoms with van der Waals surface area (Å²) in [5.41, 5.74) is -1.26. The van der Waals surface area contributed by atoms with Gasteiger partial charge in [-0.25, -0.2) is 0 Å². The average Bonchev–Trinajstić information content (AvgIpc) is 2.41. The number of hydrogen-bond donors (Lipinski definition) is 4. The Morgan fingerprint density at radius 1 is 1.24 bits per heavy atom. The molecule has 114 valence electrons. The van der Waals surface area contributed by atoms with Crippen molar-refractivity contribution in [3.05, 3.63) is 23.8 Å². The van der Waals surface area contributed by atoms with Crippen LogP contribution in [0.2, 0.25) is 0 Å². The van der Waals surface area contributed by atoms with Crippen LogP contribution in [0.3, 0.4) is 0 Å². The maximum absolute atomic E-state index is 12.2. The highest BCUT2D eigenvalue weighted by molar-refractivity contribution is 5.99. The van der Waals surface area contributed by atoms with E-state index >= 15 is 0 Å². The molecule has 1 aromatic rings. The summed E-state index contributed by atoms with van der Waals surface area (Å²) in [6.07, 6.45) is 2.68. The van der Waals surface area contributed by atoms with E-state index in [2.05, 4.69) is 5.32 Å². The maximum Gasteiger partial charge on any atom is 0.311 e. The quantitative estimate of drug-likeness (QED) is 0.680. The minimum absolute atomic E-state index is 0.226. The maximum atomic E-state index is 12.2. The second-order valence-corrected chi connectivity index (χ2v) is 5.67. The number of amides is 1. The molecule has 0 aliphatic heterocycles. The van der Waals surface area contributed by atoms with Gasteiger partial charge in [0.05, 0.1) is 5.41 Å². The van der Waals surface area contributed by atoms with Crippen LogP contribution in [0.5, 0.6) is 11.5 Å². The van der Waals surface area contributed by atoms with Gasteiger partial charge in [-0.05, 0) is 31.9 Å². The summed E-state index contributed by atoms with van der Waals surface area (Å²) in [4.78, 5) is 23.7. The lowest BCUT2D eigenvalue weighted by Gasteiger charge is -2.38. The van der Waals surface area contributed by atoms with Gasteiger partial charge in [0.1, 0.15) is 17.1 Å². The van der Waals surface area contributed by atoms with Crippen LogP contribution in [0.4, 0.5) is 0 Å². The van der Waals surface area contributed by atoms with Crippen molar-refractivity contribution in [3.63, 3.8) is 0 Å². The van der Waals surface area contributed by atoms with E-state index in [9.17, 15) is 24.9 Å². The highest BCUT2D eigenvalue weighted by Crippen LogP contribution is 2.37. The first-order valence-electron chi connectivity index (χ1n) is 6.91. The van der Waals surface area contributed by atoms with E-state index in [1.165, 1.54) is 18.2 Å². The van der Waals surface area contributed by atoms with Gasteiger partial charge < -0.3 is 20.6 Å². The standard InChI is InChI=1S/C15H19NO5/c1-15(14(20)21)8-3-2-7-11(15)16-13(19)12-9(17)5-4-6-10(12)18/h4-6,11,17-18H,2-3,7-8H2,1H3,(H,16,19)(H,20,21). The van der Waals surface area contributed by atoms with Gasteiger partial charge in [0, 0.05) is 6.04 Å². The molecule has 0 bridgehead atoms. The van der Waals surface area contributed by atoms with Gasteiger partial charge in [-0.15, -0.1) is 0 Å². The number of rotatable bonds is 3. The Hall–Kier alpha value is -2.24. The molecule has 2 rings (SSSR count). The van der Waals surface area contributed by atoms with Gasteiger partial charge in [0.2, 0.25) is 0 Å². The first-order chi connectivity index (χ1) is 9.86. The molecule has 0 heterocycles. The Labute approximate surface area is 122 Å². The molecule has 0 radical (unpaired) electrons. The van der Waals surface area contributed by atoms with Gasteiger partial charge in [0.15, 0.2) is 0 Å². The second kappa shape index (κ2) is 5.63. The van der Waals surface area contributed by atoms with Gasteiger partial charge in [0.25, 0.3) is 5.91 Å². The molecule has 21 heavy (non-hydrogen) atoms. The number of carboxylic acid groups (broad SMARTS) is 1. The van der Waals surface area contributed by atoms with Crippen molar-refractivity contribution < 1.29 is 24.9 Å². The number of benzene rings is 1. The number of carboxylic acids is 1. The molecule has 0 spiro atoms. The van der Waals surface area contributed by atoms with Crippen molar-refractivity contribution >= 4 is 11.9 Å². The van der Waals surface area contributed by atoms with Gasteiger partial charge in [-0.3, -0.25) is 9.59 Å². The fraction of sp³-hybridized carbons (Fsp3) is 0.467. The van der Waals surface area contributed by atoms with E-state index in [4.69, 9.17) is 0 Å². The van der Waals surface area contributed by atoms with Crippen LogP contribution in [-0.2, 0) is 4.79 Å². The fourth-order valence-electron chi connectivity index (χ4n) is 2.81. The Morgan fingerprint density at radius 2 is 1.86 bits per heavy atom. The molecule has 6 heteroatoms. The number of carbonyl (C=O) groups excluding carboxylic acids is 1. The van der Waals surface area contributed by atoms with Crippen molar-refractivity contribution in [1.82, 2.24) is 5.32 Å². The second-order valence-electron chi connectivity index (χ2n) is 5.67. The third-order valence-electron chi connectivity index (χ3n) is 4.25. The topological polar surface area (TPSA) is 107 Å². The first kappa shape index (κ1) is 15.2. The highest BCUT2D eigenvalue weighted by atomic mass is 16.4. The van der Waals surface area contributed by atoms with Crippen LogP contribution >= 0.6 is 0 Å². The largest absolute Gasteiger partial charge is 0.507 e. The molecule has 0 aromatic heterocycles. The summed E-state index contributed by atoms with van der Waals surface area (Å²) >= 11 is 0. The molecule has 4 N–H and O–H groups in total. The zero-order valence-corrected chi connectivity index (χ0v) is 11.8. The van der Waals surface area contributed by atoms with E-state index in [0.717, 1.165) is 12.8 Å². The zero-order chi connectivity index (χ0) is 15.6. The first-order valence-corrected chi connectivity index (χ1v) is 6.91. The predicted molar refractivity (Wildman–Crippen MR) is 75.2 cm³/mol. The molecule has 1 amide bonds. The molecule has 2 unspecified atom stereocenters. The summed E-state index contributed by atoms with van der Waals surface area (Å²) < 4.78 is 0. The number of aromatic hydroxyl groups is 2. The molecule has 1 fully saturated rings. The smallest absolute Gasteiger partial charge is 0.311 e. The Balaban J connectivity index is 2.24. The Morgan fingerprint density at radius 3 is 2.43 bits per heavy atom. The van der Waals surface area contributed by atoms with Crippen LogP contribution in [0, 0.1) is 5.41 Å². The van der Waals surface area contributed by atoms with Crippen molar-refractivity contribution in [3.8, 4) is 11.5 Å². The Kier molecular flexibility index (Phi) is 4.06. The lowest BCUT2D eigenvalue weighted by molar-refractivity contribution is -0.151. The molecule has 0 saturated heterocycles. The summed E-state index contributed by atoms with van der Waals surface area (Å²) in [6, 6.07) is 3.48. The van der Waals surface area contributed by atoms with Crippen molar-refractivity contribution in [2.75, 3.05) is 0 Å². The van der Waals surface area contributed by atoms with Crippen LogP contribution < -0.4 is 5.32 Å². The normalized spacial score (nSPS) is 25.3. The van der Waals surface area contributed by atoms with Gasteiger partial charge >= 0.3 is 5.97 Å². The van der Waals surface area contributed by atoms with E-state index in [-0.39, 0.29) is 17.1 Å². The number of phenolic OH excluding ortho intramolecular Hbond substituents is 2. The number of aliphatic carboxylic acids is 1. The SMILES string of the molecule is CC1(C(=O)O)CCCCC1NC(=O)c1c(O)cccc1O. The molecule has 6 nitrogen and oxygen atoms in total. The number of phenols is 2. The lowest BCUT2D eigenvalue weighted by Crippen LogP contribution is -2.52. The molecular weight excluding hydrogens is 274 g/mol. The van der Waals surface area contributed by atoms with E-state index in [1.807, 2.05) is 0 Å². The van der Waals surface area contributed by atoms with E-state index in [0.29, 0.717) is 12.8 Å². The average molecular weight is 293 g/mol. The van der Waals surface area contributed by atoms with Crippen molar-refractivity contribution in [2.45, 2.75) is 38.6 Å². The number of nitrogens with one attached hydrogen (secondary N) is 1. The molecule has 1 aromatic carbocycles. The summed E-state index contributed by atoms with van der Waals surface area (Å²) in [5.74, 6) is -2.28.